The highest BCUT2D eigenvalue weighted by Crippen LogP contribution is 2.28. The number of anilines is 1. The highest BCUT2D eigenvalue weighted by Gasteiger charge is 2.08. The molecule has 96 valence electrons. The Labute approximate surface area is 110 Å². The minimum atomic E-state index is 0.0894. The third-order valence-electron chi connectivity index (χ3n) is 3.40. The molecule has 2 aromatic carbocycles. The number of phenols is 1. The molecule has 0 amide bonds. The highest BCUT2D eigenvalue weighted by molar-refractivity contribution is 5.81. The average Bonchev–Trinajstić information content (AvgIpc) is 2.76. The van der Waals surface area contributed by atoms with Gasteiger partial charge in [-0.1, -0.05) is 0 Å². The Hall–Kier alpha value is -2.49. The number of benzene rings is 2. The number of nitrogen functional groups attached to an aromatic ring is 1. The van der Waals surface area contributed by atoms with E-state index in [9.17, 15) is 5.11 Å². The number of fused-ring (bicyclic) bond motifs is 1. The largest absolute Gasteiger partial charge is 0.506 e. The molecule has 0 saturated heterocycles. The van der Waals surface area contributed by atoms with Crippen LogP contribution in [0.3, 0.4) is 0 Å². The number of imidazole rings is 1. The van der Waals surface area contributed by atoms with E-state index in [4.69, 9.17) is 5.73 Å². The lowest BCUT2D eigenvalue weighted by Crippen LogP contribution is -1.87. The number of nitrogens with zero attached hydrogens (tertiary/aromatic N) is 1. The van der Waals surface area contributed by atoms with Crippen molar-refractivity contribution in [2.75, 3.05) is 5.73 Å². The topological polar surface area (TPSA) is 74.9 Å². The van der Waals surface area contributed by atoms with Gasteiger partial charge in [0.25, 0.3) is 0 Å². The van der Waals surface area contributed by atoms with E-state index < -0.39 is 0 Å². The number of rotatable bonds is 1. The molecule has 0 unspecified atom stereocenters. The molecule has 0 aliphatic carbocycles. The summed E-state index contributed by atoms with van der Waals surface area (Å²) in [5.74, 6) is 0.846. The number of phenolic OH excluding ortho intramolecular Hbond substituents is 1. The summed E-state index contributed by atoms with van der Waals surface area (Å²) in [6.45, 7) is 4.15. The average molecular weight is 253 g/mol. The first kappa shape index (κ1) is 11.6. The van der Waals surface area contributed by atoms with Crippen molar-refractivity contribution in [3.8, 4) is 17.1 Å². The standard InChI is InChI=1S/C15H15N3O/c1-8-5-12-13(6-9(8)2)18-15(17-12)10-3-4-14(19)11(16)7-10/h3-7,19H,16H2,1-2H3,(H,17,18). The summed E-state index contributed by atoms with van der Waals surface area (Å²) in [6, 6.07) is 9.24. The number of hydrogen-bond acceptors (Lipinski definition) is 3. The Morgan fingerprint density at radius 2 is 1.84 bits per heavy atom. The first-order chi connectivity index (χ1) is 9.04. The number of aromatic hydroxyl groups is 1. The summed E-state index contributed by atoms with van der Waals surface area (Å²) in [6.07, 6.45) is 0. The molecule has 1 heterocycles. The van der Waals surface area contributed by atoms with Crippen LogP contribution < -0.4 is 5.73 Å². The van der Waals surface area contributed by atoms with Gasteiger partial charge < -0.3 is 15.8 Å². The van der Waals surface area contributed by atoms with Crippen LogP contribution in [0.25, 0.3) is 22.4 Å². The third-order valence-corrected chi connectivity index (χ3v) is 3.40. The molecule has 0 aliphatic rings. The Balaban J connectivity index is 2.17. The van der Waals surface area contributed by atoms with Crippen molar-refractivity contribution < 1.29 is 5.11 Å². The third kappa shape index (κ3) is 1.91. The van der Waals surface area contributed by atoms with Gasteiger partial charge in [-0.15, -0.1) is 0 Å². The molecule has 3 aromatic rings. The van der Waals surface area contributed by atoms with Gasteiger partial charge in [-0.25, -0.2) is 4.98 Å². The number of hydrogen-bond donors (Lipinski definition) is 3. The molecule has 4 heteroatoms. The molecule has 0 bridgehead atoms. The maximum absolute atomic E-state index is 9.45. The summed E-state index contributed by atoms with van der Waals surface area (Å²) in [7, 11) is 0. The summed E-state index contributed by atoms with van der Waals surface area (Å²) >= 11 is 0. The molecule has 0 aliphatic heterocycles. The van der Waals surface area contributed by atoms with Crippen molar-refractivity contribution in [3.63, 3.8) is 0 Å². The van der Waals surface area contributed by atoms with Gasteiger partial charge in [0, 0.05) is 5.56 Å². The highest BCUT2D eigenvalue weighted by atomic mass is 16.3. The Kier molecular flexibility index (Phi) is 2.45. The minimum Gasteiger partial charge on any atom is -0.506 e. The van der Waals surface area contributed by atoms with Crippen molar-refractivity contribution in [3.05, 3.63) is 41.5 Å². The van der Waals surface area contributed by atoms with Gasteiger partial charge >= 0.3 is 0 Å². The SMILES string of the molecule is Cc1cc2nc(-c3ccc(O)c(N)c3)[nH]c2cc1C. The summed E-state index contributed by atoms with van der Waals surface area (Å²) in [5.41, 5.74) is 11.3. The number of aromatic amines is 1. The lowest BCUT2D eigenvalue weighted by molar-refractivity contribution is 0.478. The van der Waals surface area contributed by atoms with E-state index in [0.717, 1.165) is 22.4 Å². The smallest absolute Gasteiger partial charge is 0.138 e. The maximum Gasteiger partial charge on any atom is 0.138 e. The van der Waals surface area contributed by atoms with Crippen molar-refractivity contribution >= 4 is 16.7 Å². The maximum atomic E-state index is 9.45. The van der Waals surface area contributed by atoms with Gasteiger partial charge in [0.15, 0.2) is 0 Å². The zero-order valence-electron chi connectivity index (χ0n) is 10.9. The molecule has 4 N–H and O–H groups in total. The molecule has 4 nitrogen and oxygen atoms in total. The van der Waals surface area contributed by atoms with Gasteiger partial charge in [0.2, 0.25) is 0 Å². The quantitative estimate of drug-likeness (QED) is 0.460. The number of nitrogens with two attached hydrogens (primary N) is 1. The van der Waals surface area contributed by atoms with Crippen LogP contribution in [0.4, 0.5) is 5.69 Å². The van der Waals surface area contributed by atoms with Crippen molar-refractivity contribution in [1.29, 1.82) is 0 Å². The summed E-state index contributed by atoms with van der Waals surface area (Å²) in [4.78, 5) is 7.84. The second kappa shape index (κ2) is 4.02. The molecule has 0 spiro atoms. The van der Waals surface area contributed by atoms with E-state index in [1.165, 1.54) is 11.1 Å². The lowest BCUT2D eigenvalue weighted by Gasteiger charge is -2.00. The fourth-order valence-corrected chi connectivity index (χ4v) is 2.11. The van der Waals surface area contributed by atoms with E-state index in [1.54, 1.807) is 18.2 Å². The van der Waals surface area contributed by atoms with Crippen LogP contribution in [-0.2, 0) is 0 Å². The summed E-state index contributed by atoms with van der Waals surface area (Å²) < 4.78 is 0. The van der Waals surface area contributed by atoms with Crippen LogP contribution in [0.5, 0.6) is 5.75 Å². The van der Waals surface area contributed by atoms with Crippen molar-refractivity contribution in [2.45, 2.75) is 13.8 Å². The number of aromatic nitrogens is 2. The monoisotopic (exact) mass is 253 g/mol. The zero-order valence-corrected chi connectivity index (χ0v) is 10.9. The Morgan fingerprint density at radius 3 is 2.58 bits per heavy atom. The van der Waals surface area contributed by atoms with Crippen LogP contribution in [0.15, 0.2) is 30.3 Å². The summed E-state index contributed by atoms with van der Waals surface area (Å²) in [5, 5.41) is 9.45. The zero-order chi connectivity index (χ0) is 13.6. The number of H-pyrrole nitrogens is 1. The predicted octanol–water partition coefficient (Wildman–Crippen LogP) is 3.13. The van der Waals surface area contributed by atoms with Gasteiger partial charge in [-0.05, 0) is 55.3 Å². The van der Waals surface area contributed by atoms with Crippen LogP contribution in [0, 0.1) is 13.8 Å². The van der Waals surface area contributed by atoms with Crippen LogP contribution in [-0.4, -0.2) is 15.1 Å². The fourth-order valence-electron chi connectivity index (χ4n) is 2.11. The Bertz CT molecular complexity index is 735. The van der Waals surface area contributed by atoms with E-state index in [1.807, 2.05) is 0 Å². The normalized spacial score (nSPS) is 11.1. The molecule has 3 rings (SSSR count). The van der Waals surface area contributed by atoms with Crippen LogP contribution in [0.1, 0.15) is 11.1 Å². The van der Waals surface area contributed by atoms with Crippen LogP contribution >= 0.6 is 0 Å². The van der Waals surface area contributed by atoms with E-state index in [0.29, 0.717) is 5.69 Å². The number of nitrogens with one attached hydrogen (secondary N) is 1. The first-order valence-corrected chi connectivity index (χ1v) is 6.10. The molecule has 0 saturated carbocycles. The molecule has 0 atom stereocenters. The van der Waals surface area contributed by atoms with Crippen molar-refractivity contribution in [2.24, 2.45) is 0 Å². The van der Waals surface area contributed by atoms with E-state index >= 15 is 0 Å². The predicted molar refractivity (Wildman–Crippen MR) is 77.1 cm³/mol. The Morgan fingerprint density at radius 1 is 1.11 bits per heavy atom. The molecule has 1 aromatic heterocycles. The van der Waals surface area contributed by atoms with Crippen LogP contribution in [0.2, 0.25) is 0 Å². The number of aryl methyl sites for hydroxylation is 2. The van der Waals surface area contributed by atoms with Gasteiger partial charge in [0.1, 0.15) is 11.6 Å². The molecular formula is C15H15N3O. The second-order valence-electron chi connectivity index (χ2n) is 4.81. The molecule has 0 fully saturated rings. The van der Waals surface area contributed by atoms with Gasteiger partial charge in [-0.2, -0.15) is 0 Å². The van der Waals surface area contributed by atoms with E-state index in [-0.39, 0.29) is 5.75 Å². The molecule has 0 radical (unpaired) electrons. The van der Waals surface area contributed by atoms with E-state index in [2.05, 4.69) is 35.9 Å². The molecular weight excluding hydrogens is 238 g/mol. The first-order valence-electron chi connectivity index (χ1n) is 6.10. The van der Waals surface area contributed by atoms with Gasteiger partial charge in [-0.3, -0.25) is 0 Å². The minimum absolute atomic E-state index is 0.0894. The fraction of sp³-hybridized carbons (Fsp3) is 0.133. The molecule has 19 heavy (non-hydrogen) atoms. The van der Waals surface area contributed by atoms with Crippen molar-refractivity contribution in [1.82, 2.24) is 9.97 Å². The van der Waals surface area contributed by atoms with Gasteiger partial charge in [0.05, 0.1) is 16.7 Å². The lowest BCUT2D eigenvalue weighted by atomic mass is 10.1. The second-order valence-corrected chi connectivity index (χ2v) is 4.81.